The Morgan fingerprint density at radius 2 is 2.19 bits per heavy atom. The lowest BCUT2D eigenvalue weighted by Gasteiger charge is -2.15. The molecule has 0 aliphatic rings. The van der Waals surface area contributed by atoms with E-state index in [1.165, 1.54) is 0 Å². The van der Waals surface area contributed by atoms with Crippen molar-refractivity contribution >= 4 is 17.7 Å². The van der Waals surface area contributed by atoms with Crippen molar-refractivity contribution in [2.45, 2.75) is 32.7 Å². The number of carbonyl (C=O) groups excluding carboxylic acids is 1. The van der Waals surface area contributed by atoms with E-state index in [2.05, 4.69) is 5.32 Å². The van der Waals surface area contributed by atoms with Gasteiger partial charge in [-0.15, -0.1) is 0 Å². The van der Waals surface area contributed by atoms with Gasteiger partial charge in [0, 0.05) is 6.61 Å². The number of esters is 1. The van der Waals surface area contributed by atoms with Crippen LogP contribution in [-0.2, 0) is 9.53 Å². The Kier molecular flexibility index (Phi) is 11.0. The molecule has 0 bridgehead atoms. The van der Waals surface area contributed by atoms with Crippen molar-refractivity contribution in [1.29, 1.82) is 0 Å². The molecule has 0 aromatic carbocycles. The third-order valence-electron chi connectivity index (χ3n) is 2.02. The van der Waals surface area contributed by atoms with E-state index in [-0.39, 0.29) is 18.6 Å². The first-order valence-corrected chi connectivity index (χ1v) is 7.00. The van der Waals surface area contributed by atoms with Crippen molar-refractivity contribution in [3.8, 4) is 0 Å². The van der Waals surface area contributed by atoms with Gasteiger partial charge in [0.15, 0.2) is 0 Å². The molecule has 0 aliphatic heterocycles. The molecule has 0 aromatic heterocycles. The summed E-state index contributed by atoms with van der Waals surface area (Å²) in [5.74, 6) is 1.70. The van der Waals surface area contributed by atoms with Crippen LogP contribution in [0.3, 0.4) is 0 Å². The fraction of sp³-hybridized carbons (Fsp3) is 0.909. The van der Waals surface area contributed by atoms with Gasteiger partial charge in [-0.2, -0.15) is 11.8 Å². The van der Waals surface area contributed by atoms with E-state index in [4.69, 9.17) is 9.84 Å². The number of aliphatic hydroxyl groups is 1. The van der Waals surface area contributed by atoms with Crippen LogP contribution < -0.4 is 5.32 Å². The number of thioether (sulfide) groups is 1. The highest BCUT2D eigenvalue weighted by molar-refractivity contribution is 7.99. The molecule has 0 aliphatic carbocycles. The summed E-state index contributed by atoms with van der Waals surface area (Å²) in [5.41, 5.74) is 0. The van der Waals surface area contributed by atoms with Gasteiger partial charge in [-0.25, -0.2) is 0 Å². The van der Waals surface area contributed by atoms with Gasteiger partial charge >= 0.3 is 5.97 Å². The number of ether oxygens (including phenoxy) is 1. The minimum absolute atomic E-state index is 0.160. The molecule has 0 spiro atoms. The van der Waals surface area contributed by atoms with Crippen LogP contribution in [-0.4, -0.2) is 48.4 Å². The average molecular weight is 249 g/mol. The summed E-state index contributed by atoms with van der Waals surface area (Å²) < 4.78 is 4.98. The first-order chi connectivity index (χ1) is 7.76. The fourth-order valence-electron chi connectivity index (χ4n) is 1.26. The van der Waals surface area contributed by atoms with Gasteiger partial charge in [0.1, 0.15) is 6.04 Å². The molecular weight excluding hydrogens is 226 g/mol. The Labute approximate surface area is 102 Å². The van der Waals surface area contributed by atoms with Crippen LogP contribution in [0.1, 0.15) is 26.7 Å². The topological polar surface area (TPSA) is 58.6 Å². The maximum absolute atomic E-state index is 11.5. The van der Waals surface area contributed by atoms with Crippen molar-refractivity contribution in [2.75, 3.05) is 31.3 Å². The molecule has 0 saturated carbocycles. The van der Waals surface area contributed by atoms with Gasteiger partial charge in [0.25, 0.3) is 0 Å². The minimum Gasteiger partial charge on any atom is -0.465 e. The highest BCUT2D eigenvalue weighted by Crippen LogP contribution is 2.07. The largest absolute Gasteiger partial charge is 0.465 e. The summed E-state index contributed by atoms with van der Waals surface area (Å²) in [5, 5.41) is 11.7. The van der Waals surface area contributed by atoms with Gasteiger partial charge < -0.3 is 15.2 Å². The van der Waals surface area contributed by atoms with Crippen LogP contribution in [0, 0.1) is 0 Å². The number of likely N-dealkylation sites (N-methyl/N-ethyl adjacent to an activating group) is 1. The van der Waals surface area contributed by atoms with E-state index >= 15 is 0 Å². The minimum atomic E-state index is -0.188. The maximum atomic E-state index is 11.5. The molecule has 0 amide bonds. The second-order valence-corrected chi connectivity index (χ2v) is 4.57. The second-order valence-electron chi connectivity index (χ2n) is 3.34. The summed E-state index contributed by atoms with van der Waals surface area (Å²) in [4.78, 5) is 11.5. The zero-order valence-corrected chi connectivity index (χ0v) is 11.0. The lowest BCUT2D eigenvalue weighted by Crippen LogP contribution is -2.38. The SMILES string of the molecule is CCNC(CCSCCCO)C(=O)OCC. The molecule has 0 saturated heterocycles. The van der Waals surface area contributed by atoms with E-state index in [9.17, 15) is 4.79 Å². The van der Waals surface area contributed by atoms with E-state index in [0.717, 1.165) is 30.9 Å². The summed E-state index contributed by atoms with van der Waals surface area (Å²) in [7, 11) is 0. The predicted octanol–water partition coefficient (Wildman–Crippen LogP) is 1.03. The van der Waals surface area contributed by atoms with Crippen LogP contribution in [0.5, 0.6) is 0 Å². The number of carbonyl (C=O) groups is 1. The van der Waals surface area contributed by atoms with Crippen molar-refractivity contribution < 1.29 is 14.6 Å². The smallest absolute Gasteiger partial charge is 0.323 e. The fourth-order valence-corrected chi connectivity index (χ4v) is 2.20. The number of aliphatic hydroxyl groups excluding tert-OH is 1. The van der Waals surface area contributed by atoms with Crippen molar-refractivity contribution in [2.24, 2.45) is 0 Å². The zero-order valence-electron chi connectivity index (χ0n) is 10.2. The second kappa shape index (κ2) is 11.2. The van der Waals surface area contributed by atoms with Crippen molar-refractivity contribution in [3.63, 3.8) is 0 Å². The predicted molar refractivity (Wildman–Crippen MR) is 67.7 cm³/mol. The molecule has 0 radical (unpaired) electrons. The van der Waals surface area contributed by atoms with Crippen LogP contribution in [0.4, 0.5) is 0 Å². The van der Waals surface area contributed by atoms with Crippen LogP contribution in [0.15, 0.2) is 0 Å². The van der Waals surface area contributed by atoms with Crippen molar-refractivity contribution in [1.82, 2.24) is 5.32 Å². The first-order valence-electron chi connectivity index (χ1n) is 5.84. The molecule has 4 nitrogen and oxygen atoms in total. The Bertz CT molecular complexity index is 179. The van der Waals surface area contributed by atoms with Gasteiger partial charge in [-0.1, -0.05) is 6.92 Å². The molecule has 96 valence electrons. The normalized spacial score (nSPS) is 12.4. The number of hydrogen-bond acceptors (Lipinski definition) is 5. The maximum Gasteiger partial charge on any atom is 0.323 e. The summed E-state index contributed by atoms with van der Waals surface area (Å²) in [6.45, 7) is 5.23. The molecular formula is C11H23NO3S. The number of rotatable bonds is 10. The summed E-state index contributed by atoms with van der Waals surface area (Å²) in [6, 6.07) is -0.188. The molecule has 16 heavy (non-hydrogen) atoms. The van der Waals surface area contributed by atoms with E-state index in [1.807, 2.05) is 13.8 Å². The molecule has 5 heteroatoms. The number of hydrogen-bond donors (Lipinski definition) is 2. The number of nitrogens with one attached hydrogen (secondary N) is 1. The van der Waals surface area contributed by atoms with Crippen molar-refractivity contribution in [3.05, 3.63) is 0 Å². The van der Waals surface area contributed by atoms with Crippen LogP contribution in [0.25, 0.3) is 0 Å². The van der Waals surface area contributed by atoms with Crippen LogP contribution in [0.2, 0.25) is 0 Å². The van der Waals surface area contributed by atoms with E-state index in [1.54, 1.807) is 11.8 Å². The zero-order chi connectivity index (χ0) is 12.2. The highest BCUT2D eigenvalue weighted by atomic mass is 32.2. The molecule has 2 N–H and O–H groups in total. The summed E-state index contributed by atoms with van der Waals surface area (Å²) >= 11 is 1.76. The third-order valence-corrected chi connectivity index (χ3v) is 3.12. The monoisotopic (exact) mass is 249 g/mol. The third kappa shape index (κ3) is 7.96. The van der Waals surface area contributed by atoms with E-state index in [0.29, 0.717) is 6.61 Å². The molecule has 0 heterocycles. The molecule has 1 unspecified atom stereocenters. The lowest BCUT2D eigenvalue weighted by molar-refractivity contribution is -0.145. The highest BCUT2D eigenvalue weighted by Gasteiger charge is 2.17. The standard InChI is InChI=1S/C11H23NO3S/c1-3-12-10(11(14)15-4-2)6-9-16-8-5-7-13/h10,12-13H,3-9H2,1-2H3. The van der Waals surface area contributed by atoms with Gasteiger partial charge in [0.05, 0.1) is 6.61 Å². The molecule has 1 atom stereocenters. The van der Waals surface area contributed by atoms with E-state index < -0.39 is 0 Å². The Hall–Kier alpha value is -0.260. The summed E-state index contributed by atoms with van der Waals surface area (Å²) in [6.07, 6.45) is 1.60. The Morgan fingerprint density at radius 1 is 1.44 bits per heavy atom. The van der Waals surface area contributed by atoms with Gasteiger partial charge in [-0.05, 0) is 37.8 Å². The quantitative estimate of drug-likeness (QED) is 0.447. The van der Waals surface area contributed by atoms with Gasteiger partial charge in [0.2, 0.25) is 0 Å². The Balaban J connectivity index is 3.71. The average Bonchev–Trinajstić information content (AvgIpc) is 2.27. The molecule has 0 rings (SSSR count). The molecule has 0 fully saturated rings. The lowest BCUT2D eigenvalue weighted by atomic mass is 10.2. The first kappa shape index (κ1) is 15.7. The van der Waals surface area contributed by atoms with Gasteiger partial charge in [-0.3, -0.25) is 4.79 Å². The Morgan fingerprint density at radius 3 is 2.75 bits per heavy atom. The molecule has 0 aromatic rings. The van der Waals surface area contributed by atoms with Crippen LogP contribution >= 0.6 is 11.8 Å².